The van der Waals surface area contributed by atoms with Gasteiger partial charge >= 0.3 is 6.09 Å². The maximum atomic E-state index is 12.1. The summed E-state index contributed by atoms with van der Waals surface area (Å²) in [7, 11) is 0. The smallest absolute Gasteiger partial charge is 0.410 e. The number of carbonyl (C=O) groups is 1. The van der Waals surface area contributed by atoms with Gasteiger partial charge in [-0.3, -0.25) is 4.90 Å². The van der Waals surface area contributed by atoms with Gasteiger partial charge in [0.05, 0.1) is 6.04 Å². The zero-order valence-corrected chi connectivity index (χ0v) is 17.0. The Hall–Kier alpha value is -1.30. The zero-order chi connectivity index (χ0) is 18.5. The van der Waals surface area contributed by atoms with Crippen LogP contribution < -0.4 is 5.32 Å². The molecular formula is C20H33N3O2S. The number of carbonyl (C=O) groups excluding carboxylic acids is 1. The van der Waals surface area contributed by atoms with Crippen LogP contribution in [0, 0.1) is 5.92 Å². The fourth-order valence-corrected chi connectivity index (χ4v) is 4.59. The number of piperidine rings is 1. The van der Waals surface area contributed by atoms with Crippen molar-refractivity contribution < 1.29 is 9.53 Å². The Kier molecular flexibility index (Phi) is 6.79. The van der Waals surface area contributed by atoms with E-state index in [9.17, 15) is 4.79 Å². The molecule has 2 heterocycles. The van der Waals surface area contributed by atoms with E-state index in [1.54, 1.807) is 5.57 Å². The molecule has 2 aliphatic heterocycles. The molecule has 26 heavy (non-hydrogen) atoms. The number of ether oxygens (including phenoxy) is 1. The fourth-order valence-electron chi connectivity index (χ4n) is 4.30. The number of nitrogens with one attached hydrogen (secondary N) is 1. The molecule has 0 aromatic carbocycles. The van der Waals surface area contributed by atoms with Gasteiger partial charge in [-0.15, -0.1) is 0 Å². The van der Waals surface area contributed by atoms with Gasteiger partial charge in [0, 0.05) is 25.7 Å². The Morgan fingerprint density at radius 1 is 1.35 bits per heavy atom. The van der Waals surface area contributed by atoms with Crippen molar-refractivity contribution in [3.8, 4) is 0 Å². The molecule has 3 aliphatic rings. The maximum Gasteiger partial charge on any atom is 0.410 e. The first-order chi connectivity index (χ1) is 12.6. The standard InChI is InChI=1S/C20H33N3O2S/c1-15(2)18-14-25-20(24)23(18)17-9-12-22(13-10-17)19(26)21-11-8-16-6-4-3-5-7-16/h6,15,17-18H,3-5,7-14H2,1-2H3,(H,21,26). The maximum absolute atomic E-state index is 12.1. The van der Waals surface area contributed by atoms with E-state index < -0.39 is 0 Å². The molecule has 0 radical (unpaired) electrons. The van der Waals surface area contributed by atoms with Crippen LogP contribution in [0.1, 0.15) is 58.8 Å². The summed E-state index contributed by atoms with van der Waals surface area (Å²) in [5, 5.41) is 4.30. The number of amides is 1. The molecule has 3 rings (SSSR count). The highest BCUT2D eigenvalue weighted by Crippen LogP contribution is 2.27. The third-order valence-corrected chi connectivity index (χ3v) is 6.37. The number of thiocarbonyl (C=S) groups is 1. The summed E-state index contributed by atoms with van der Waals surface area (Å²) in [6.07, 6.45) is 10.5. The minimum Gasteiger partial charge on any atom is -0.447 e. The van der Waals surface area contributed by atoms with Crippen molar-refractivity contribution in [1.29, 1.82) is 0 Å². The lowest BCUT2D eigenvalue weighted by Gasteiger charge is -2.39. The molecule has 1 N–H and O–H groups in total. The molecule has 2 fully saturated rings. The van der Waals surface area contributed by atoms with E-state index in [1.165, 1.54) is 25.7 Å². The van der Waals surface area contributed by atoms with Crippen molar-refractivity contribution in [3.05, 3.63) is 11.6 Å². The molecule has 1 amide bonds. The molecule has 0 spiro atoms. The lowest BCUT2D eigenvalue weighted by atomic mass is 9.97. The van der Waals surface area contributed by atoms with Gasteiger partial charge in [0.15, 0.2) is 5.11 Å². The molecule has 1 atom stereocenters. The van der Waals surface area contributed by atoms with Crippen molar-refractivity contribution in [1.82, 2.24) is 15.1 Å². The summed E-state index contributed by atoms with van der Waals surface area (Å²) in [6.45, 7) is 7.61. The minimum absolute atomic E-state index is 0.136. The summed E-state index contributed by atoms with van der Waals surface area (Å²) in [4.78, 5) is 16.4. The van der Waals surface area contributed by atoms with Crippen molar-refractivity contribution in [2.75, 3.05) is 26.2 Å². The Morgan fingerprint density at radius 2 is 2.12 bits per heavy atom. The number of hydrogen-bond acceptors (Lipinski definition) is 3. The molecule has 146 valence electrons. The van der Waals surface area contributed by atoms with Crippen molar-refractivity contribution in [2.24, 2.45) is 5.92 Å². The van der Waals surface area contributed by atoms with Crippen LogP contribution in [-0.4, -0.2) is 59.3 Å². The van der Waals surface area contributed by atoms with Gasteiger partial charge in [-0.1, -0.05) is 25.5 Å². The minimum atomic E-state index is -0.136. The average molecular weight is 380 g/mol. The first-order valence-electron chi connectivity index (χ1n) is 10.2. The van der Waals surface area contributed by atoms with Gasteiger partial charge in [-0.25, -0.2) is 4.79 Å². The van der Waals surface area contributed by atoms with Gasteiger partial charge < -0.3 is 15.0 Å². The number of likely N-dealkylation sites (tertiary alicyclic amines) is 1. The van der Waals surface area contributed by atoms with E-state index >= 15 is 0 Å². The lowest BCUT2D eigenvalue weighted by Crippen LogP contribution is -2.52. The first kappa shape index (κ1) is 19.5. The van der Waals surface area contributed by atoms with E-state index in [2.05, 4.69) is 30.1 Å². The topological polar surface area (TPSA) is 44.8 Å². The highest BCUT2D eigenvalue weighted by atomic mass is 32.1. The van der Waals surface area contributed by atoms with Gasteiger partial charge in [-0.05, 0) is 63.1 Å². The monoisotopic (exact) mass is 379 g/mol. The van der Waals surface area contributed by atoms with E-state index in [0.29, 0.717) is 12.5 Å². The van der Waals surface area contributed by atoms with E-state index in [4.69, 9.17) is 17.0 Å². The quantitative estimate of drug-likeness (QED) is 0.583. The third-order valence-electron chi connectivity index (χ3n) is 5.97. The molecule has 0 bridgehead atoms. The van der Waals surface area contributed by atoms with Gasteiger partial charge in [0.1, 0.15) is 6.61 Å². The highest BCUT2D eigenvalue weighted by molar-refractivity contribution is 7.80. The van der Waals surface area contributed by atoms with Crippen molar-refractivity contribution >= 4 is 23.4 Å². The number of rotatable bonds is 5. The first-order valence-corrected chi connectivity index (χ1v) is 10.6. The summed E-state index contributed by atoms with van der Waals surface area (Å²) in [5.74, 6) is 0.427. The van der Waals surface area contributed by atoms with Gasteiger partial charge in [0.2, 0.25) is 0 Å². The molecular weight excluding hydrogens is 346 g/mol. The number of nitrogens with zero attached hydrogens (tertiary/aromatic N) is 2. The van der Waals surface area contributed by atoms with E-state index in [0.717, 1.165) is 44.0 Å². The SMILES string of the molecule is CC(C)C1COC(=O)N1C1CCN(C(=S)NCCC2=CCCCC2)CC1. The summed E-state index contributed by atoms with van der Waals surface area (Å²) in [5.41, 5.74) is 1.58. The number of cyclic esters (lactones) is 1. The van der Waals surface area contributed by atoms with Crippen molar-refractivity contribution in [3.63, 3.8) is 0 Å². The number of allylic oxidation sites excluding steroid dienone is 1. The van der Waals surface area contributed by atoms with Crippen LogP contribution in [0.15, 0.2) is 11.6 Å². The zero-order valence-electron chi connectivity index (χ0n) is 16.2. The Balaban J connectivity index is 1.42. The lowest BCUT2D eigenvalue weighted by molar-refractivity contribution is 0.114. The molecule has 2 saturated heterocycles. The van der Waals surface area contributed by atoms with Crippen molar-refractivity contribution in [2.45, 2.75) is 70.9 Å². The van der Waals surface area contributed by atoms with E-state index in [1.807, 2.05) is 4.90 Å². The van der Waals surface area contributed by atoms with Crippen LogP contribution in [0.5, 0.6) is 0 Å². The molecule has 1 aliphatic carbocycles. The Labute approximate surface area is 163 Å². The summed E-state index contributed by atoms with van der Waals surface area (Å²) >= 11 is 5.59. The predicted octanol–water partition coefficient (Wildman–Crippen LogP) is 3.69. The molecule has 6 heteroatoms. The Morgan fingerprint density at radius 3 is 2.77 bits per heavy atom. The number of hydrogen-bond donors (Lipinski definition) is 1. The van der Waals surface area contributed by atoms with Crippen LogP contribution in [0.4, 0.5) is 4.79 Å². The van der Waals surface area contributed by atoms with Crippen LogP contribution in [-0.2, 0) is 4.74 Å². The second kappa shape index (κ2) is 9.07. The van der Waals surface area contributed by atoms with Gasteiger partial charge in [0.25, 0.3) is 0 Å². The highest BCUT2D eigenvalue weighted by Gasteiger charge is 2.40. The fraction of sp³-hybridized carbons (Fsp3) is 0.800. The summed E-state index contributed by atoms with van der Waals surface area (Å²) < 4.78 is 5.31. The van der Waals surface area contributed by atoms with Crippen LogP contribution in [0.2, 0.25) is 0 Å². The van der Waals surface area contributed by atoms with Crippen LogP contribution in [0.3, 0.4) is 0 Å². The molecule has 0 aromatic heterocycles. The third kappa shape index (κ3) is 4.70. The Bertz CT molecular complexity index is 541. The second-order valence-corrected chi connectivity index (χ2v) is 8.49. The normalized spacial score (nSPS) is 24.7. The molecule has 1 unspecified atom stereocenters. The average Bonchev–Trinajstić information content (AvgIpc) is 3.04. The largest absolute Gasteiger partial charge is 0.447 e. The molecule has 5 nitrogen and oxygen atoms in total. The predicted molar refractivity (Wildman–Crippen MR) is 108 cm³/mol. The molecule has 0 aromatic rings. The van der Waals surface area contributed by atoms with E-state index in [-0.39, 0.29) is 18.2 Å². The van der Waals surface area contributed by atoms with Crippen LogP contribution >= 0.6 is 12.2 Å². The van der Waals surface area contributed by atoms with Crippen LogP contribution in [0.25, 0.3) is 0 Å². The summed E-state index contributed by atoms with van der Waals surface area (Å²) in [6, 6.07) is 0.497. The second-order valence-electron chi connectivity index (χ2n) is 8.10. The van der Waals surface area contributed by atoms with Gasteiger partial charge in [-0.2, -0.15) is 0 Å². The molecule has 0 saturated carbocycles.